The number of rotatable bonds is 5. The summed E-state index contributed by atoms with van der Waals surface area (Å²) in [5.74, 6) is 1.24. The third-order valence-corrected chi connectivity index (χ3v) is 5.02. The number of imidazole rings is 1. The zero-order valence-electron chi connectivity index (χ0n) is 16.3. The fourth-order valence-corrected chi connectivity index (χ4v) is 3.61. The van der Waals surface area contributed by atoms with Gasteiger partial charge < -0.3 is 29.2 Å². The average Bonchev–Trinajstić information content (AvgIpc) is 3.17. The van der Waals surface area contributed by atoms with Crippen molar-refractivity contribution in [2.75, 3.05) is 26.6 Å². The van der Waals surface area contributed by atoms with Crippen LogP contribution in [0.25, 0.3) is 5.69 Å². The Morgan fingerprint density at radius 2 is 1.83 bits per heavy atom. The molecule has 1 aliphatic heterocycles. The molecule has 1 aliphatic rings. The normalized spacial score (nSPS) is 15.4. The second kappa shape index (κ2) is 7.38. The summed E-state index contributed by atoms with van der Waals surface area (Å²) in [6.07, 6.45) is 1.90. The standard InChI is InChI=1S/C21H21N3O5/c1-27-14-6-4-5-13(9-14)24-11-22-21-19(24)15(10-18(25)23-21)12-7-16(28-2)20(26)17(8-12)29-3/h4-9,11,15,26H,10H2,1-3H3,(H,23,25). The molecule has 1 unspecified atom stereocenters. The molecule has 4 rings (SSSR count). The van der Waals surface area contributed by atoms with E-state index in [0.29, 0.717) is 11.6 Å². The van der Waals surface area contributed by atoms with Crippen LogP contribution in [0.15, 0.2) is 42.7 Å². The Labute approximate surface area is 167 Å². The summed E-state index contributed by atoms with van der Waals surface area (Å²) in [7, 11) is 4.55. The Kier molecular flexibility index (Phi) is 4.75. The highest BCUT2D eigenvalue weighted by Gasteiger charge is 2.32. The summed E-state index contributed by atoms with van der Waals surface area (Å²) < 4.78 is 17.8. The summed E-state index contributed by atoms with van der Waals surface area (Å²) in [6, 6.07) is 11.0. The van der Waals surface area contributed by atoms with Crippen molar-refractivity contribution in [1.82, 2.24) is 9.55 Å². The summed E-state index contributed by atoms with van der Waals surface area (Å²) in [4.78, 5) is 16.7. The van der Waals surface area contributed by atoms with E-state index in [-0.39, 0.29) is 35.5 Å². The zero-order chi connectivity index (χ0) is 20.5. The van der Waals surface area contributed by atoms with E-state index in [1.165, 1.54) is 14.2 Å². The van der Waals surface area contributed by atoms with Crippen molar-refractivity contribution in [2.24, 2.45) is 0 Å². The highest BCUT2D eigenvalue weighted by molar-refractivity contribution is 5.94. The van der Waals surface area contributed by atoms with Crippen LogP contribution >= 0.6 is 0 Å². The van der Waals surface area contributed by atoms with Crippen LogP contribution in [-0.4, -0.2) is 41.9 Å². The Hall–Kier alpha value is -3.68. The van der Waals surface area contributed by atoms with Gasteiger partial charge in [-0.3, -0.25) is 4.79 Å². The fraction of sp³-hybridized carbons (Fsp3) is 0.238. The molecule has 0 aliphatic carbocycles. The molecule has 0 saturated carbocycles. The smallest absolute Gasteiger partial charge is 0.226 e. The third kappa shape index (κ3) is 3.22. The first-order valence-corrected chi connectivity index (χ1v) is 9.02. The van der Waals surface area contributed by atoms with Crippen LogP contribution in [0.5, 0.6) is 23.0 Å². The summed E-state index contributed by atoms with van der Waals surface area (Å²) in [5, 5.41) is 13.1. The second-order valence-electron chi connectivity index (χ2n) is 6.63. The Balaban J connectivity index is 1.88. The first-order chi connectivity index (χ1) is 14.0. The quantitative estimate of drug-likeness (QED) is 0.689. The number of nitrogens with one attached hydrogen (secondary N) is 1. The molecule has 150 valence electrons. The van der Waals surface area contributed by atoms with Crippen molar-refractivity contribution < 1.29 is 24.1 Å². The van der Waals surface area contributed by atoms with Gasteiger partial charge in [0.15, 0.2) is 17.3 Å². The number of nitrogens with zero attached hydrogens (tertiary/aromatic N) is 2. The minimum Gasteiger partial charge on any atom is -0.502 e. The average molecular weight is 395 g/mol. The van der Waals surface area contributed by atoms with Crippen molar-refractivity contribution in [3.63, 3.8) is 0 Å². The van der Waals surface area contributed by atoms with Gasteiger partial charge in [-0.25, -0.2) is 4.98 Å². The van der Waals surface area contributed by atoms with Gasteiger partial charge in [0.25, 0.3) is 0 Å². The van der Waals surface area contributed by atoms with E-state index in [0.717, 1.165) is 16.9 Å². The second-order valence-corrected chi connectivity index (χ2v) is 6.63. The van der Waals surface area contributed by atoms with Gasteiger partial charge in [-0.15, -0.1) is 0 Å². The van der Waals surface area contributed by atoms with Crippen molar-refractivity contribution in [2.45, 2.75) is 12.3 Å². The molecule has 2 aromatic carbocycles. The number of phenolic OH excluding ortho intramolecular Hbond substituents is 1. The molecule has 8 nitrogen and oxygen atoms in total. The lowest BCUT2D eigenvalue weighted by atomic mass is 9.89. The predicted octanol–water partition coefficient (Wildman–Crippen LogP) is 3.08. The van der Waals surface area contributed by atoms with Crippen LogP contribution in [0.1, 0.15) is 23.6 Å². The lowest BCUT2D eigenvalue weighted by Crippen LogP contribution is -2.25. The number of phenols is 1. The molecule has 0 bridgehead atoms. The number of ether oxygens (including phenoxy) is 3. The van der Waals surface area contributed by atoms with Crippen LogP contribution in [0.4, 0.5) is 5.82 Å². The molecule has 2 heterocycles. The van der Waals surface area contributed by atoms with E-state index < -0.39 is 0 Å². The minimum absolute atomic E-state index is 0.0828. The van der Waals surface area contributed by atoms with Crippen LogP contribution < -0.4 is 19.5 Å². The topological polar surface area (TPSA) is 94.8 Å². The van der Waals surface area contributed by atoms with Crippen LogP contribution in [0.3, 0.4) is 0 Å². The van der Waals surface area contributed by atoms with Crippen LogP contribution in [0, 0.1) is 0 Å². The molecule has 1 atom stereocenters. The third-order valence-electron chi connectivity index (χ3n) is 5.02. The maximum absolute atomic E-state index is 12.3. The van der Waals surface area contributed by atoms with Gasteiger partial charge in [-0.05, 0) is 29.8 Å². The summed E-state index contributed by atoms with van der Waals surface area (Å²) >= 11 is 0. The van der Waals surface area contributed by atoms with Gasteiger partial charge in [0.05, 0.1) is 32.7 Å². The van der Waals surface area contributed by atoms with Gasteiger partial charge >= 0.3 is 0 Å². The lowest BCUT2D eigenvalue weighted by Gasteiger charge is -2.25. The van der Waals surface area contributed by atoms with E-state index in [4.69, 9.17) is 14.2 Å². The molecule has 3 aromatic rings. The molecule has 2 N–H and O–H groups in total. The number of benzene rings is 2. The molecule has 0 fully saturated rings. The van der Waals surface area contributed by atoms with Crippen molar-refractivity contribution >= 4 is 11.7 Å². The van der Waals surface area contributed by atoms with Crippen molar-refractivity contribution in [1.29, 1.82) is 0 Å². The highest BCUT2D eigenvalue weighted by Crippen LogP contribution is 2.44. The van der Waals surface area contributed by atoms with Gasteiger partial charge in [-0.2, -0.15) is 0 Å². The monoisotopic (exact) mass is 395 g/mol. The lowest BCUT2D eigenvalue weighted by molar-refractivity contribution is -0.116. The van der Waals surface area contributed by atoms with E-state index >= 15 is 0 Å². The summed E-state index contributed by atoms with van der Waals surface area (Å²) in [5.41, 5.74) is 2.46. The van der Waals surface area contributed by atoms with Gasteiger partial charge in [0.2, 0.25) is 11.7 Å². The Bertz CT molecular complexity index is 1050. The first-order valence-electron chi connectivity index (χ1n) is 9.02. The molecule has 1 aromatic heterocycles. The number of hydrogen-bond donors (Lipinski definition) is 2. The number of anilines is 1. The van der Waals surface area contributed by atoms with Crippen LogP contribution in [0.2, 0.25) is 0 Å². The maximum Gasteiger partial charge on any atom is 0.226 e. The van der Waals surface area contributed by atoms with Gasteiger partial charge in [0.1, 0.15) is 12.1 Å². The highest BCUT2D eigenvalue weighted by atomic mass is 16.5. The Morgan fingerprint density at radius 1 is 1.10 bits per heavy atom. The number of amides is 1. The predicted molar refractivity (Wildman–Crippen MR) is 106 cm³/mol. The van der Waals surface area contributed by atoms with E-state index in [1.54, 1.807) is 25.6 Å². The van der Waals surface area contributed by atoms with Crippen molar-refractivity contribution in [3.8, 4) is 28.7 Å². The number of carbonyl (C=O) groups excluding carboxylic acids is 1. The van der Waals surface area contributed by atoms with Crippen molar-refractivity contribution in [3.05, 3.63) is 54.0 Å². The van der Waals surface area contributed by atoms with Gasteiger partial charge in [0, 0.05) is 18.4 Å². The molecule has 0 spiro atoms. The summed E-state index contributed by atoms with van der Waals surface area (Å²) in [6.45, 7) is 0. The Morgan fingerprint density at radius 3 is 2.48 bits per heavy atom. The first kappa shape index (κ1) is 18.7. The zero-order valence-corrected chi connectivity index (χ0v) is 16.3. The maximum atomic E-state index is 12.3. The molecule has 0 radical (unpaired) electrons. The number of methoxy groups -OCH3 is 3. The molecular formula is C21H21N3O5. The molecule has 8 heteroatoms. The van der Waals surface area contributed by atoms with E-state index in [2.05, 4.69) is 10.3 Å². The number of hydrogen-bond acceptors (Lipinski definition) is 6. The fourth-order valence-electron chi connectivity index (χ4n) is 3.61. The van der Waals surface area contributed by atoms with E-state index in [9.17, 15) is 9.90 Å². The largest absolute Gasteiger partial charge is 0.502 e. The molecular weight excluding hydrogens is 374 g/mol. The van der Waals surface area contributed by atoms with Gasteiger partial charge in [-0.1, -0.05) is 6.07 Å². The number of fused-ring (bicyclic) bond motifs is 1. The van der Waals surface area contributed by atoms with Crippen LogP contribution in [-0.2, 0) is 4.79 Å². The number of aromatic hydroxyl groups is 1. The molecule has 0 saturated heterocycles. The number of carbonyl (C=O) groups is 1. The minimum atomic E-state index is -0.309. The SMILES string of the molecule is COc1cccc(-n2cnc3c2C(c2cc(OC)c(O)c(OC)c2)CC(=O)N3)c1. The number of aromatic nitrogens is 2. The molecule has 29 heavy (non-hydrogen) atoms. The van der Waals surface area contributed by atoms with E-state index in [1.807, 2.05) is 28.8 Å². The molecule has 1 amide bonds.